The minimum Gasteiger partial charge on any atom is -0.454 e. The number of Topliss-reactive ketones (excluding diaryl/α,β-unsaturated/α-hetero) is 1. The summed E-state index contributed by atoms with van der Waals surface area (Å²) in [5.74, 6) is -1.19. The summed E-state index contributed by atoms with van der Waals surface area (Å²) >= 11 is 11.6. The van der Waals surface area contributed by atoms with Crippen LogP contribution in [0.15, 0.2) is 36.4 Å². The number of ketones is 1. The molecule has 0 atom stereocenters. The first kappa shape index (κ1) is 17.9. The van der Waals surface area contributed by atoms with Crippen LogP contribution in [0.2, 0.25) is 10.0 Å². The summed E-state index contributed by atoms with van der Waals surface area (Å²) in [7, 11) is 0. The van der Waals surface area contributed by atoms with E-state index in [9.17, 15) is 19.7 Å². The van der Waals surface area contributed by atoms with Gasteiger partial charge >= 0.3 is 5.97 Å². The molecule has 0 spiro atoms. The predicted molar refractivity (Wildman–Crippen MR) is 88.9 cm³/mol. The van der Waals surface area contributed by atoms with Gasteiger partial charge in [0.05, 0.1) is 20.5 Å². The second kappa shape index (κ2) is 7.42. The number of halogens is 2. The number of rotatable bonds is 5. The lowest BCUT2D eigenvalue weighted by Crippen LogP contribution is -2.14. The van der Waals surface area contributed by atoms with Crippen molar-refractivity contribution in [3.05, 3.63) is 73.2 Å². The maximum atomic E-state index is 12.0. The molecule has 0 bridgehead atoms. The average molecular weight is 368 g/mol. The Morgan fingerprint density at radius 1 is 1.08 bits per heavy atom. The molecule has 0 amide bonds. The molecule has 0 saturated carbocycles. The zero-order valence-corrected chi connectivity index (χ0v) is 13.9. The van der Waals surface area contributed by atoms with Gasteiger partial charge in [0.25, 0.3) is 5.69 Å². The maximum absolute atomic E-state index is 12.0. The Kier molecular flexibility index (Phi) is 5.54. The lowest BCUT2D eigenvalue weighted by Gasteiger charge is -2.06. The van der Waals surface area contributed by atoms with E-state index in [1.165, 1.54) is 43.3 Å². The van der Waals surface area contributed by atoms with Gasteiger partial charge in [0, 0.05) is 17.2 Å². The van der Waals surface area contributed by atoms with Crippen LogP contribution < -0.4 is 0 Å². The number of nitro groups is 1. The molecule has 0 aliphatic heterocycles. The number of nitrogens with zero attached hydrogens (tertiary/aromatic N) is 1. The second-order valence-electron chi connectivity index (χ2n) is 4.89. The van der Waals surface area contributed by atoms with Crippen LogP contribution in [-0.4, -0.2) is 23.3 Å². The molecule has 8 heteroatoms. The van der Waals surface area contributed by atoms with Crippen LogP contribution in [0.5, 0.6) is 0 Å². The van der Waals surface area contributed by atoms with E-state index >= 15 is 0 Å². The Hall–Kier alpha value is -2.44. The smallest absolute Gasteiger partial charge is 0.338 e. The van der Waals surface area contributed by atoms with Gasteiger partial charge in [0.1, 0.15) is 0 Å². The fourth-order valence-corrected chi connectivity index (χ4v) is 2.25. The summed E-state index contributed by atoms with van der Waals surface area (Å²) < 4.78 is 4.94. The van der Waals surface area contributed by atoms with Crippen LogP contribution in [0.3, 0.4) is 0 Å². The van der Waals surface area contributed by atoms with Crippen molar-refractivity contribution in [3.8, 4) is 0 Å². The number of carbonyl (C=O) groups is 2. The molecule has 0 radical (unpaired) electrons. The molecule has 24 heavy (non-hydrogen) atoms. The number of carbonyl (C=O) groups excluding carboxylic acids is 2. The summed E-state index contributed by atoms with van der Waals surface area (Å²) in [4.78, 5) is 34.1. The van der Waals surface area contributed by atoms with Gasteiger partial charge in [-0.3, -0.25) is 14.9 Å². The molecule has 2 aromatic carbocycles. The minimum atomic E-state index is -0.749. The van der Waals surface area contributed by atoms with Gasteiger partial charge < -0.3 is 4.74 Å². The summed E-state index contributed by atoms with van der Waals surface area (Å²) in [5, 5.41) is 11.3. The number of ether oxygens (including phenoxy) is 1. The Labute approximate surface area is 147 Å². The Balaban J connectivity index is 2.04. The largest absolute Gasteiger partial charge is 0.454 e. The molecule has 124 valence electrons. The summed E-state index contributed by atoms with van der Waals surface area (Å²) in [6.07, 6.45) is 0. The maximum Gasteiger partial charge on any atom is 0.338 e. The quantitative estimate of drug-likeness (QED) is 0.341. The normalized spacial score (nSPS) is 10.3. The molecule has 0 aliphatic rings. The summed E-state index contributed by atoms with van der Waals surface area (Å²) in [6.45, 7) is 1.03. The van der Waals surface area contributed by atoms with Crippen LogP contribution >= 0.6 is 23.2 Å². The Bertz CT molecular complexity index is 835. The zero-order valence-electron chi connectivity index (χ0n) is 12.4. The number of hydrogen-bond donors (Lipinski definition) is 0. The summed E-state index contributed by atoms with van der Waals surface area (Å²) in [6, 6.07) is 8.16. The Morgan fingerprint density at radius 2 is 1.75 bits per heavy atom. The van der Waals surface area contributed by atoms with Crippen molar-refractivity contribution < 1.29 is 19.2 Å². The van der Waals surface area contributed by atoms with Gasteiger partial charge in [0.2, 0.25) is 0 Å². The van der Waals surface area contributed by atoms with E-state index < -0.39 is 23.3 Å². The molecule has 0 aliphatic carbocycles. The molecular weight excluding hydrogens is 357 g/mol. The minimum absolute atomic E-state index is 0.0987. The molecule has 2 aromatic rings. The lowest BCUT2D eigenvalue weighted by atomic mass is 10.1. The first-order chi connectivity index (χ1) is 11.3. The number of hydrogen-bond acceptors (Lipinski definition) is 5. The highest BCUT2D eigenvalue weighted by molar-refractivity contribution is 6.42. The monoisotopic (exact) mass is 367 g/mol. The van der Waals surface area contributed by atoms with Gasteiger partial charge in [-0.25, -0.2) is 4.79 Å². The average Bonchev–Trinajstić information content (AvgIpc) is 2.54. The van der Waals surface area contributed by atoms with Crippen LogP contribution in [0.25, 0.3) is 0 Å². The molecule has 0 N–H and O–H groups in total. The van der Waals surface area contributed by atoms with Crippen molar-refractivity contribution in [3.63, 3.8) is 0 Å². The molecule has 0 saturated heterocycles. The first-order valence-electron chi connectivity index (χ1n) is 6.70. The SMILES string of the molecule is Cc1cc(C(=O)OCC(=O)c2ccc(Cl)c(Cl)c2)ccc1[N+](=O)[O-]. The van der Waals surface area contributed by atoms with E-state index in [1.54, 1.807) is 0 Å². The van der Waals surface area contributed by atoms with E-state index in [1.807, 2.05) is 0 Å². The third-order valence-corrected chi connectivity index (χ3v) is 3.94. The van der Waals surface area contributed by atoms with Gasteiger partial charge in [-0.2, -0.15) is 0 Å². The zero-order chi connectivity index (χ0) is 17.9. The highest BCUT2D eigenvalue weighted by Crippen LogP contribution is 2.23. The second-order valence-corrected chi connectivity index (χ2v) is 5.70. The fourth-order valence-electron chi connectivity index (χ4n) is 1.95. The Morgan fingerprint density at radius 3 is 2.33 bits per heavy atom. The number of nitro benzene ring substituents is 1. The van der Waals surface area contributed by atoms with Crippen molar-refractivity contribution >= 4 is 40.6 Å². The van der Waals surface area contributed by atoms with Gasteiger partial charge in [-0.15, -0.1) is 0 Å². The highest BCUT2D eigenvalue weighted by Gasteiger charge is 2.16. The van der Waals surface area contributed by atoms with E-state index in [4.69, 9.17) is 27.9 Å². The van der Waals surface area contributed by atoms with Crippen molar-refractivity contribution in [1.82, 2.24) is 0 Å². The standard InChI is InChI=1S/C16H11Cl2NO5/c1-9-6-11(3-5-14(9)19(22)23)16(21)24-8-15(20)10-2-4-12(17)13(18)7-10/h2-7H,8H2,1H3. The van der Waals surface area contributed by atoms with E-state index in [0.29, 0.717) is 10.6 Å². The predicted octanol–water partition coefficient (Wildman–Crippen LogP) is 4.25. The third kappa shape index (κ3) is 4.10. The summed E-state index contributed by atoms with van der Waals surface area (Å²) in [5.41, 5.74) is 0.612. The molecular formula is C16H11Cl2NO5. The number of esters is 1. The van der Waals surface area contributed by atoms with Crippen molar-refractivity contribution in [1.29, 1.82) is 0 Å². The van der Waals surface area contributed by atoms with Crippen LogP contribution in [0, 0.1) is 17.0 Å². The van der Waals surface area contributed by atoms with Gasteiger partial charge in [-0.1, -0.05) is 23.2 Å². The van der Waals surface area contributed by atoms with Crippen LogP contribution in [0.4, 0.5) is 5.69 Å². The fraction of sp³-hybridized carbons (Fsp3) is 0.125. The molecule has 0 fully saturated rings. The van der Waals surface area contributed by atoms with Crippen molar-refractivity contribution in [2.24, 2.45) is 0 Å². The van der Waals surface area contributed by atoms with Gasteiger partial charge in [-0.05, 0) is 37.3 Å². The highest BCUT2D eigenvalue weighted by atomic mass is 35.5. The van der Waals surface area contributed by atoms with E-state index in [2.05, 4.69) is 0 Å². The third-order valence-electron chi connectivity index (χ3n) is 3.21. The van der Waals surface area contributed by atoms with Crippen molar-refractivity contribution in [2.45, 2.75) is 6.92 Å². The number of benzene rings is 2. The lowest BCUT2D eigenvalue weighted by molar-refractivity contribution is -0.385. The molecule has 6 nitrogen and oxygen atoms in total. The van der Waals surface area contributed by atoms with Crippen molar-refractivity contribution in [2.75, 3.05) is 6.61 Å². The molecule has 0 unspecified atom stereocenters. The molecule has 0 heterocycles. The van der Waals surface area contributed by atoms with E-state index in [0.717, 1.165) is 0 Å². The molecule has 0 aromatic heterocycles. The van der Waals surface area contributed by atoms with Crippen LogP contribution in [0.1, 0.15) is 26.3 Å². The van der Waals surface area contributed by atoms with E-state index in [-0.39, 0.29) is 21.8 Å². The topological polar surface area (TPSA) is 86.5 Å². The van der Waals surface area contributed by atoms with Crippen LogP contribution in [-0.2, 0) is 4.74 Å². The van der Waals surface area contributed by atoms with Gasteiger partial charge in [0.15, 0.2) is 12.4 Å². The first-order valence-corrected chi connectivity index (χ1v) is 7.45. The molecule has 2 rings (SSSR count). The number of aryl methyl sites for hydroxylation is 1.